The Morgan fingerprint density at radius 1 is 1.53 bits per heavy atom. The van der Waals surface area contributed by atoms with Gasteiger partial charge < -0.3 is 9.73 Å². The highest BCUT2D eigenvalue weighted by Crippen LogP contribution is 2.33. The number of hydrogen-bond acceptors (Lipinski definition) is 2. The number of hydrogen-bond donors (Lipinski definition) is 1. The molecule has 1 heterocycles. The van der Waals surface area contributed by atoms with E-state index in [0.29, 0.717) is 0 Å². The summed E-state index contributed by atoms with van der Waals surface area (Å²) in [5.74, 6) is -1.41. The van der Waals surface area contributed by atoms with Crippen LogP contribution in [0.25, 0.3) is 0 Å². The van der Waals surface area contributed by atoms with Crippen LogP contribution in [-0.4, -0.2) is 5.91 Å². The lowest BCUT2D eigenvalue weighted by molar-refractivity contribution is -0.154. The van der Waals surface area contributed by atoms with E-state index in [2.05, 4.69) is 16.3 Å². The maximum atomic E-state index is 12.5. The van der Waals surface area contributed by atoms with Gasteiger partial charge in [-0.3, -0.25) is 4.79 Å². The molecule has 1 aromatic heterocycles. The van der Waals surface area contributed by atoms with Gasteiger partial charge in [0.05, 0.1) is 0 Å². The average molecular weight is 247 g/mol. The SMILES string of the molecule is C=C(C)C(=O)NCc1cc(C)oc1C(F)(F)F. The van der Waals surface area contributed by atoms with Gasteiger partial charge in [-0.05, 0) is 19.9 Å². The number of amides is 1. The van der Waals surface area contributed by atoms with Crippen LogP contribution >= 0.6 is 0 Å². The smallest absolute Gasteiger partial charge is 0.449 e. The Hall–Kier alpha value is -1.72. The van der Waals surface area contributed by atoms with Crippen LogP contribution in [-0.2, 0) is 17.5 Å². The summed E-state index contributed by atoms with van der Waals surface area (Å²) in [6.45, 7) is 6.04. The highest BCUT2D eigenvalue weighted by atomic mass is 19.4. The normalized spacial score (nSPS) is 11.4. The van der Waals surface area contributed by atoms with E-state index in [9.17, 15) is 18.0 Å². The van der Waals surface area contributed by atoms with Crippen molar-refractivity contribution in [3.8, 4) is 0 Å². The molecule has 1 N–H and O–H groups in total. The van der Waals surface area contributed by atoms with Crippen LogP contribution in [0.4, 0.5) is 13.2 Å². The third kappa shape index (κ3) is 3.37. The Morgan fingerprint density at radius 3 is 2.59 bits per heavy atom. The fraction of sp³-hybridized carbons (Fsp3) is 0.364. The van der Waals surface area contributed by atoms with E-state index >= 15 is 0 Å². The van der Waals surface area contributed by atoms with E-state index in [-0.39, 0.29) is 23.4 Å². The highest BCUT2D eigenvalue weighted by molar-refractivity contribution is 5.92. The predicted octanol–water partition coefficient (Wildman–Crippen LogP) is 2.80. The molecule has 6 heteroatoms. The van der Waals surface area contributed by atoms with Crippen molar-refractivity contribution < 1.29 is 22.4 Å². The molecule has 94 valence electrons. The van der Waals surface area contributed by atoms with Gasteiger partial charge in [0.1, 0.15) is 5.76 Å². The van der Waals surface area contributed by atoms with E-state index in [1.165, 1.54) is 19.9 Å². The van der Waals surface area contributed by atoms with Crippen LogP contribution in [0.1, 0.15) is 24.0 Å². The van der Waals surface area contributed by atoms with Crippen molar-refractivity contribution in [1.82, 2.24) is 5.32 Å². The second kappa shape index (κ2) is 4.65. The Morgan fingerprint density at radius 2 is 2.12 bits per heavy atom. The van der Waals surface area contributed by atoms with Gasteiger partial charge in [-0.1, -0.05) is 6.58 Å². The third-order valence-corrected chi connectivity index (χ3v) is 2.02. The van der Waals surface area contributed by atoms with Gasteiger partial charge in [0.2, 0.25) is 11.7 Å². The predicted molar refractivity (Wildman–Crippen MR) is 55.1 cm³/mol. The molecule has 1 amide bonds. The largest absolute Gasteiger partial charge is 0.456 e. The number of halogens is 3. The Labute approximate surface area is 96.3 Å². The molecule has 1 rings (SSSR count). The van der Waals surface area contributed by atoms with E-state index in [1.54, 1.807) is 0 Å². The van der Waals surface area contributed by atoms with E-state index < -0.39 is 17.8 Å². The van der Waals surface area contributed by atoms with E-state index in [1.807, 2.05) is 0 Å². The van der Waals surface area contributed by atoms with Crippen molar-refractivity contribution in [2.24, 2.45) is 0 Å². The first kappa shape index (κ1) is 13.3. The molecule has 0 aliphatic heterocycles. The molecule has 0 bridgehead atoms. The van der Waals surface area contributed by atoms with Crippen LogP contribution in [0.3, 0.4) is 0 Å². The fourth-order valence-electron chi connectivity index (χ4n) is 1.26. The van der Waals surface area contributed by atoms with Crippen molar-refractivity contribution in [2.45, 2.75) is 26.6 Å². The van der Waals surface area contributed by atoms with Gasteiger partial charge in [0.15, 0.2) is 0 Å². The molecule has 0 aliphatic rings. The summed E-state index contributed by atoms with van der Waals surface area (Å²) >= 11 is 0. The monoisotopic (exact) mass is 247 g/mol. The number of carbonyl (C=O) groups is 1. The Kier molecular flexibility index (Phi) is 3.65. The molecule has 0 spiro atoms. The first-order chi connectivity index (χ1) is 7.71. The number of carbonyl (C=O) groups excluding carboxylic acids is 1. The molecule has 0 aliphatic carbocycles. The second-order valence-corrected chi connectivity index (χ2v) is 3.67. The summed E-state index contributed by atoms with van der Waals surface area (Å²) in [7, 11) is 0. The minimum absolute atomic E-state index is 0.0930. The molecule has 3 nitrogen and oxygen atoms in total. The van der Waals surface area contributed by atoms with Crippen LogP contribution in [0, 0.1) is 6.92 Å². The Bertz CT molecular complexity index is 446. The number of nitrogens with one attached hydrogen (secondary N) is 1. The summed E-state index contributed by atoms with van der Waals surface area (Å²) < 4.78 is 42.1. The quantitative estimate of drug-likeness (QED) is 0.834. The maximum Gasteiger partial charge on any atom is 0.449 e. The molecule has 0 fully saturated rings. The third-order valence-electron chi connectivity index (χ3n) is 2.02. The number of alkyl halides is 3. The number of furan rings is 1. The molecule has 0 atom stereocenters. The first-order valence-corrected chi connectivity index (χ1v) is 4.82. The lowest BCUT2D eigenvalue weighted by Crippen LogP contribution is -2.24. The lowest BCUT2D eigenvalue weighted by Gasteiger charge is -2.07. The van der Waals surface area contributed by atoms with Gasteiger partial charge >= 0.3 is 6.18 Å². The molecule has 0 saturated carbocycles. The topological polar surface area (TPSA) is 42.2 Å². The minimum Gasteiger partial charge on any atom is -0.456 e. The summed E-state index contributed by atoms with van der Waals surface area (Å²) in [6.07, 6.45) is -4.56. The first-order valence-electron chi connectivity index (χ1n) is 4.82. The lowest BCUT2D eigenvalue weighted by atomic mass is 10.2. The molecular weight excluding hydrogens is 235 g/mol. The van der Waals surface area contributed by atoms with Crippen LogP contribution in [0.5, 0.6) is 0 Å². The van der Waals surface area contributed by atoms with Crippen molar-refractivity contribution in [1.29, 1.82) is 0 Å². The number of rotatable bonds is 3. The van der Waals surface area contributed by atoms with Gasteiger partial charge in [-0.15, -0.1) is 0 Å². The van der Waals surface area contributed by atoms with Gasteiger partial charge in [-0.25, -0.2) is 0 Å². The summed E-state index contributed by atoms with van der Waals surface area (Å²) in [6, 6.07) is 1.25. The molecular formula is C11H12F3NO2. The summed E-state index contributed by atoms with van der Waals surface area (Å²) in [5.41, 5.74) is 0.142. The van der Waals surface area contributed by atoms with Gasteiger partial charge in [-0.2, -0.15) is 13.2 Å². The fourth-order valence-corrected chi connectivity index (χ4v) is 1.26. The van der Waals surface area contributed by atoms with Crippen LogP contribution < -0.4 is 5.32 Å². The zero-order chi connectivity index (χ0) is 13.2. The molecule has 0 unspecified atom stereocenters. The zero-order valence-electron chi connectivity index (χ0n) is 9.44. The standard InChI is InChI=1S/C11H12F3NO2/c1-6(2)10(16)15-5-8-4-7(3)17-9(8)11(12,13)14/h4H,1,5H2,2-3H3,(H,15,16). The average Bonchev–Trinajstić information content (AvgIpc) is 2.55. The molecule has 0 saturated heterocycles. The summed E-state index contributed by atoms with van der Waals surface area (Å²) in [4.78, 5) is 11.2. The van der Waals surface area contributed by atoms with Crippen molar-refractivity contribution in [2.75, 3.05) is 0 Å². The van der Waals surface area contributed by atoms with Crippen molar-refractivity contribution in [3.05, 3.63) is 35.3 Å². The van der Waals surface area contributed by atoms with Gasteiger partial charge in [0, 0.05) is 17.7 Å². The molecule has 0 aromatic carbocycles. The van der Waals surface area contributed by atoms with E-state index in [4.69, 9.17) is 0 Å². The number of aryl methyl sites for hydroxylation is 1. The Balaban J connectivity index is 2.85. The van der Waals surface area contributed by atoms with Crippen LogP contribution in [0.15, 0.2) is 22.6 Å². The van der Waals surface area contributed by atoms with Crippen LogP contribution in [0.2, 0.25) is 0 Å². The molecule has 17 heavy (non-hydrogen) atoms. The van der Waals surface area contributed by atoms with Crippen molar-refractivity contribution >= 4 is 5.91 Å². The minimum atomic E-state index is -4.56. The van der Waals surface area contributed by atoms with Crippen molar-refractivity contribution in [3.63, 3.8) is 0 Å². The zero-order valence-corrected chi connectivity index (χ0v) is 9.44. The maximum absolute atomic E-state index is 12.5. The highest BCUT2D eigenvalue weighted by Gasteiger charge is 2.37. The second-order valence-electron chi connectivity index (χ2n) is 3.67. The van der Waals surface area contributed by atoms with Gasteiger partial charge in [0.25, 0.3) is 0 Å². The van der Waals surface area contributed by atoms with E-state index in [0.717, 1.165) is 0 Å². The molecule has 1 aromatic rings. The summed E-state index contributed by atoms with van der Waals surface area (Å²) in [5, 5.41) is 2.33. The molecule has 0 radical (unpaired) electrons.